The number of hydrogen-bond acceptors (Lipinski definition) is 14. The number of aliphatic hydroxyl groups is 1. The Morgan fingerprint density at radius 2 is 0.778 bits per heavy atom. The number of rotatable bonds is 51. The third kappa shape index (κ3) is 43.8. The molecular formula is C49H88N6O17. The van der Waals surface area contributed by atoms with Crippen LogP contribution in [0.4, 0.5) is 0 Å². The molecule has 1 unspecified atom stereocenters. The summed E-state index contributed by atoms with van der Waals surface area (Å²) in [5, 5.41) is 52.6. The normalized spacial score (nSPS) is 12.2. The second-order valence-electron chi connectivity index (χ2n) is 17.6. The van der Waals surface area contributed by atoms with Gasteiger partial charge >= 0.3 is 17.9 Å². The summed E-state index contributed by atoms with van der Waals surface area (Å²) in [6.07, 6.45) is 16.8. The lowest BCUT2D eigenvalue weighted by molar-refractivity contribution is -0.143. The van der Waals surface area contributed by atoms with Crippen LogP contribution in [0, 0.1) is 0 Å². The van der Waals surface area contributed by atoms with E-state index in [9.17, 15) is 58.5 Å². The highest BCUT2D eigenvalue weighted by molar-refractivity contribution is 5.85. The van der Waals surface area contributed by atoms with Crippen molar-refractivity contribution < 1.29 is 82.5 Å². The fraction of sp³-hybridized carbons (Fsp3) is 0.816. The van der Waals surface area contributed by atoms with E-state index in [1.165, 1.54) is 32.1 Å². The van der Waals surface area contributed by atoms with Crippen LogP contribution in [0.3, 0.4) is 0 Å². The van der Waals surface area contributed by atoms with Gasteiger partial charge in [0.05, 0.1) is 52.3 Å². The molecule has 0 aliphatic heterocycles. The molecule has 0 radical (unpaired) electrons. The predicted molar refractivity (Wildman–Crippen MR) is 265 cm³/mol. The Bertz CT molecular complexity index is 1520. The number of carboxylic acid groups (broad SMARTS) is 3. The monoisotopic (exact) mass is 1030 g/mol. The lowest BCUT2D eigenvalue weighted by atomic mass is 10.0. The summed E-state index contributed by atoms with van der Waals surface area (Å²) in [5.41, 5.74) is 0. The number of carbonyl (C=O) groups excluding carboxylic acids is 6. The van der Waals surface area contributed by atoms with Crippen LogP contribution in [-0.2, 0) is 62.1 Å². The summed E-state index contributed by atoms with van der Waals surface area (Å²) in [7, 11) is 0. The Morgan fingerprint density at radius 1 is 0.389 bits per heavy atom. The topological polar surface area (TPSA) is 344 Å². The summed E-state index contributed by atoms with van der Waals surface area (Å²) in [5.74, 6) is -5.83. The second kappa shape index (κ2) is 47.1. The van der Waals surface area contributed by atoms with Crippen LogP contribution in [0.25, 0.3) is 0 Å². The molecule has 3 atom stereocenters. The molecule has 0 aliphatic carbocycles. The molecule has 23 nitrogen and oxygen atoms in total. The number of aliphatic hydroxyl groups excluding tert-OH is 1. The first-order valence-electron chi connectivity index (χ1n) is 26.0. The Hall–Kier alpha value is -4.97. The number of ether oxygens (including phenoxy) is 4. The van der Waals surface area contributed by atoms with Crippen LogP contribution >= 0.6 is 0 Å². The van der Waals surface area contributed by atoms with Crippen LogP contribution in [-0.4, -0.2) is 171 Å². The van der Waals surface area contributed by atoms with Crippen molar-refractivity contribution in [2.24, 2.45) is 0 Å². The van der Waals surface area contributed by atoms with E-state index in [-0.39, 0.29) is 128 Å². The fourth-order valence-corrected chi connectivity index (χ4v) is 6.99. The lowest BCUT2D eigenvalue weighted by Crippen LogP contribution is -2.44. The summed E-state index contributed by atoms with van der Waals surface area (Å²) in [4.78, 5) is 107. The van der Waals surface area contributed by atoms with Crippen molar-refractivity contribution in [3.63, 3.8) is 0 Å². The molecule has 0 heterocycles. The maximum atomic E-state index is 12.4. The average molecular weight is 1030 g/mol. The molecule has 0 spiro atoms. The van der Waals surface area contributed by atoms with Crippen molar-refractivity contribution in [2.75, 3.05) is 79.1 Å². The van der Waals surface area contributed by atoms with E-state index in [4.69, 9.17) is 24.1 Å². The number of carbonyl (C=O) groups is 9. The lowest BCUT2D eigenvalue weighted by Gasteiger charge is -2.18. The number of unbranched alkanes of at least 4 members (excludes halogenated alkanes) is 14. The highest BCUT2D eigenvalue weighted by Gasteiger charge is 2.23. The Morgan fingerprint density at radius 3 is 1.25 bits per heavy atom. The highest BCUT2D eigenvalue weighted by atomic mass is 16.5. The Balaban J connectivity index is 3.87. The minimum atomic E-state index is -1.36. The molecule has 0 rings (SSSR count). The van der Waals surface area contributed by atoms with Gasteiger partial charge in [0.1, 0.15) is 25.3 Å². The quantitative estimate of drug-likeness (QED) is 0.0391. The van der Waals surface area contributed by atoms with Gasteiger partial charge in [-0.15, -0.1) is 0 Å². The number of hydrogen-bond donors (Lipinski definition) is 10. The maximum Gasteiger partial charge on any atom is 0.326 e. The minimum absolute atomic E-state index is 0.00552. The molecule has 0 aromatic carbocycles. The molecule has 0 bridgehead atoms. The van der Waals surface area contributed by atoms with Crippen molar-refractivity contribution in [1.82, 2.24) is 31.9 Å². The standard InChI is InChI=1S/C49H88N6O17/c1-2-3-26-50-41(57)23-20-38(35-56)53-44(60)25-22-40(49(67)68)55-46(62)37-72-34-32-70-30-28-52-45(61)36-71-33-31-69-29-27-51-42(58)24-21-39(48(65)66)54-43(59)18-16-14-12-10-8-6-4-5-7-9-11-13-15-17-19-47(63)64/h38-40,56H,2-37H2,1H3,(H,50,57)(H,51,58)(H,52,61)(H,53,60)(H,54,59)(H,55,62)(H,63,64)(H,65,66)(H,67,68)/t38-,39?,40-/m0/s1. The first-order valence-corrected chi connectivity index (χ1v) is 26.0. The van der Waals surface area contributed by atoms with Gasteiger partial charge in [-0.1, -0.05) is 90.4 Å². The molecule has 10 N–H and O–H groups in total. The van der Waals surface area contributed by atoms with Crippen LogP contribution in [0.2, 0.25) is 0 Å². The number of nitrogens with one attached hydrogen (secondary N) is 6. The zero-order chi connectivity index (χ0) is 53.5. The van der Waals surface area contributed by atoms with Crippen molar-refractivity contribution in [3.8, 4) is 0 Å². The first kappa shape index (κ1) is 67.0. The van der Waals surface area contributed by atoms with Crippen molar-refractivity contribution in [2.45, 2.75) is 179 Å². The first-order chi connectivity index (χ1) is 34.7. The zero-order valence-electron chi connectivity index (χ0n) is 42.8. The molecule has 72 heavy (non-hydrogen) atoms. The van der Waals surface area contributed by atoms with E-state index in [0.29, 0.717) is 13.0 Å². The van der Waals surface area contributed by atoms with E-state index in [2.05, 4.69) is 31.9 Å². The smallest absolute Gasteiger partial charge is 0.326 e. The van der Waals surface area contributed by atoms with Gasteiger partial charge in [-0.25, -0.2) is 9.59 Å². The van der Waals surface area contributed by atoms with Gasteiger partial charge in [-0.2, -0.15) is 0 Å². The van der Waals surface area contributed by atoms with Crippen LogP contribution in [0.15, 0.2) is 0 Å². The number of aliphatic carboxylic acids is 3. The molecule has 416 valence electrons. The van der Waals surface area contributed by atoms with Crippen molar-refractivity contribution >= 4 is 53.4 Å². The van der Waals surface area contributed by atoms with E-state index in [0.717, 1.165) is 64.2 Å². The van der Waals surface area contributed by atoms with E-state index in [1.807, 2.05) is 6.92 Å². The molecule has 0 aromatic heterocycles. The van der Waals surface area contributed by atoms with Gasteiger partial charge in [0.2, 0.25) is 35.4 Å². The summed E-state index contributed by atoms with van der Waals surface area (Å²) in [6, 6.07) is -3.20. The van der Waals surface area contributed by atoms with E-state index < -0.39 is 67.0 Å². The van der Waals surface area contributed by atoms with E-state index in [1.54, 1.807) is 0 Å². The van der Waals surface area contributed by atoms with Gasteiger partial charge in [-0.3, -0.25) is 33.6 Å². The van der Waals surface area contributed by atoms with Gasteiger partial charge in [0.25, 0.3) is 0 Å². The SMILES string of the molecule is CCCCNC(=O)CC[C@@H](CO)NC(=O)CC[C@H](NC(=O)COCCOCCNC(=O)COCCOCCNC(=O)CCC(NC(=O)CCCCCCCCCCCCCCCCC(=O)O)C(=O)O)C(=O)O. The minimum Gasteiger partial charge on any atom is -0.481 e. The molecule has 23 heteroatoms. The molecule has 0 aromatic rings. The molecule has 0 saturated carbocycles. The van der Waals surface area contributed by atoms with Crippen molar-refractivity contribution in [1.29, 1.82) is 0 Å². The zero-order valence-corrected chi connectivity index (χ0v) is 42.8. The summed E-state index contributed by atoms with van der Waals surface area (Å²) >= 11 is 0. The molecule has 0 saturated heterocycles. The summed E-state index contributed by atoms with van der Waals surface area (Å²) < 4.78 is 21.2. The Labute approximate surface area is 425 Å². The highest BCUT2D eigenvalue weighted by Crippen LogP contribution is 2.14. The molecule has 0 fully saturated rings. The molecular weight excluding hydrogens is 945 g/mol. The molecule has 6 amide bonds. The number of carboxylic acids is 3. The van der Waals surface area contributed by atoms with Gasteiger partial charge in [-0.05, 0) is 38.5 Å². The largest absolute Gasteiger partial charge is 0.481 e. The predicted octanol–water partition coefficient (Wildman–Crippen LogP) is 2.48. The van der Waals surface area contributed by atoms with Gasteiger partial charge < -0.3 is 71.3 Å². The van der Waals surface area contributed by atoms with E-state index >= 15 is 0 Å². The third-order valence-corrected chi connectivity index (χ3v) is 11.1. The third-order valence-electron chi connectivity index (χ3n) is 11.1. The maximum absolute atomic E-state index is 12.4. The number of amides is 6. The second-order valence-corrected chi connectivity index (χ2v) is 17.6. The van der Waals surface area contributed by atoms with Gasteiger partial charge in [0, 0.05) is 51.7 Å². The average Bonchev–Trinajstić information content (AvgIpc) is 3.34. The fourth-order valence-electron chi connectivity index (χ4n) is 6.99. The van der Waals surface area contributed by atoms with Crippen LogP contribution in [0.1, 0.15) is 161 Å². The summed E-state index contributed by atoms with van der Waals surface area (Å²) in [6.45, 7) is 2.46. The van der Waals surface area contributed by atoms with Crippen LogP contribution in [0.5, 0.6) is 0 Å². The van der Waals surface area contributed by atoms with Crippen LogP contribution < -0.4 is 31.9 Å². The molecule has 0 aliphatic rings. The van der Waals surface area contributed by atoms with Crippen molar-refractivity contribution in [3.05, 3.63) is 0 Å². The Kier molecular flexibility index (Phi) is 43.8. The van der Waals surface area contributed by atoms with Gasteiger partial charge in [0.15, 0.2) is 0 Å².